The van der Waals surface area contributed by atoms with Gasteiger partial charge in [0.05, 0.1) is 4.83 Å². The lowest BCUT2D eigenvalue weighted by Crippen LogP contribution is -2.49. The van der Waals surface area contributed by atoms with Crippen molar-refractivity contribution in [2.24, 2.45) is 0 Å². The van der Waals surface area contributed by atoms with Crippen molar-refractivity contribution in [3.05, 3.63) is 35.4 Å². The first kappa shape index (κ1) is 15.2. The monoisotopic (exact) mass is 363 g/mol. The highest BCUT2D eigenvalue weighted by atomic mass is 79.9. The molecule has 0 aliphatic carbocycles. The van der Waals surface area contributed by atoms with Gasteiger partial charge in [0.1, 0.15) is 5.60 Å². The second-order valence-corrected chi connectivity index (χ2v) is 5.88. The molecule has 0 spiro atoms. The fourth-order valence-corrected chi connectivity index (χ4v) is 3.26. The maximum Gasteiger partial charge on any atom is 0.105 e. The number of aliphatic hydroxyl groups is 1. The molecule has 1 aromatic rings. The summed E-state index contributed by atoms with van der Waals surface area (Å²) in [6, 6.07) is 8.18. The van der Waals surface area contributed by atoms with Crippen LogP contribution in [0.25, 0.3) is 0 Å². The van der Waals surface area contributed by atoms with Gasteiger partial charge in [-0.2, -0.15) is 0 Å². The van der Waals surface area contributed by atoms with Gasteiger partial charge in [-0.3, -0.25) is 0 Å². The lowest BCUT2D eigenvalue weighted by molar-refractivity contribution is -0.0114. The van der Waals surface area contributed by atoms with E-state index < -0.39 is 5.60 Å². The first-order valence-electron chi connectivity index (χ1n) is 5.64. The molecule has 0 radical (unpaired) electrons. The molecule has 1 fully saturated rings. The van der Waals surface area contributed by atoms with Gasteiger partial charge in [0, 0.05) is 13.1 Å². The van der Waals surface area contributed by atoms with E-state index in [1.54, 1.807) is 0 Å². The molecule has 2 atom stereocenters. The van der Waals surface area contributed by atoms with E-state index in [0.717, 1.165) is 25.1 Å². The minimum Gasteiger partial charge on any atom is -0.384 e. The number of hydrogen-bond acceptors (Lipinski definition) is 2. The fourth-order valence-electron chi connectivity index (χ4n) is 2.27. The highest BCUT2D eigenvalue weighted by Gasteiger charge is 2.40. The predicted octanol–water partition coefficient (Wildman–Crippen LogP) is 2.86. The topological polar surface area (TPSA) is 23.5 Å². The molecule has 0 amide bonds. The Labute approximate surface area is 122 Å². The van der Waals surface area contributed by atoms with Gasteiger partial charge in [0.25, 0.3) is 0 Å². The van der Waals surface area contributed by atoms with E-state index in [9.17, 15) is 5.11 Å². The van der Waals surface area contributed by atoms with E-state index in [1.165, 1.54) is 5.56 Å². The zero-order chi connectivity index (χ0) is 11.8. The molecule has 1 aromatic carbocycles. The number of benzene rings is 1. The van der Waals surface area contributed by atoms with Crippen LogP contribution in [-0.4, -0.2) is 35.0 Å². The van der Waals surface area contributed by atoms with Crippen LogP contribution in [-0.2, 0) is 5.60 Å². The van der Waals surface area contributed by atoms with Crippen molar-refractivity contribution in [3.63, 3.8) is 0 Å². The summed E-state index contributed by atoms with van der Waals surface area (Å²) >= 11 is 3.62. The molecule has 0 aromatic heterocycles. The van der Waals surface area contributed by atoms with Crippen LogP contribution in [0.4, 0.5) is 0 Å². The molecule has 17 heavy (non-hydrogen) atoms. The molecule has 1 heterocycles. The fraction of sp³-hybridized carbons (Fsp3) is 0.538. The third kappa shape index (κ3) is 3.11. The van der Waals surface area contributed by atoms with Gasteiger partial charge in [-0.1, -0.05) is 45.8 Å². The Morgan fingerprint density at radius 2 is 2.18 bits per heavy atom. The Hall–Kier alpha value is 0.1000. The zero-order valence-electron chi connectivity index (χ0n) is 10.2. The van der Waals surface area contributed by atoms with Crippen LogP contribution in [0, 0.1) is 6.92 Å². The third-order valence-electron chi connectivity index (χ3n) is 3.38. The Morgan fingerprint density at radius 3 is 2.76 bits per heavy atom. The summed E-state index contributed by atoms with van der Waals surface area (Å²) in [6.45, 7) is 3.88. The van der Waals surface area contributed by atoms with Gasteiger partial charge < -0.3 is 10.0 Å². The van der Waals surface area contributed by atoms with Crippen molar-refractivity contribution in [2.75, 3.05) is 20.1 Å². The number of likely N-dealkylation sites (tertiary alicyclic amines) is 1. The lowest BCUT2D eigenvalue weighted by Gasteiger charge is -2.41. The maximum absolute atomic E-state index is 10.8. The highest BCUT2D eigenvalue weighted by Crippen LogP contribution is 2.37. The standard InChI is InChI=1S/C13H18BrNO.BrH/c1-10-4-3-5-11(8-10)13(16)6-7-15(2)9-12(13)14;/h3-5,8,12,16H,6-7,9H2,1-2H3;1H. The molecule has 1 saturated heterocycles. The summed E-state index contributed by atoms with van der Waals surface area (Å²) in [7, 11) is 2.09. The summed E-state index contributed by atoms with van der Waals surface area (Å²) in [5.41, 5.74) is 1.51. The van der Waals surface area contributed by atoms with Crippen LogP contribution in [0.5, 0.6) is 0 Å². The van der Waals surface area contributed by atoms with Crippen LogP contribution in [0.1, 0.15) is 17.5 Å². The largest absolute Gasteiger partial charge is 0.384 e. The first-order valence-corrected chi connectivity index (χ1v) is 6.56. The van der Waals surface area contributed by atoms with Crippen molar-refractivity contribution >= 4 is 32.9 Å². The molecule has 2 nitrogen and oxygen atoms in total. The minimum absolute atomic E-state index is 0. The summed E-state index contributed by atoms with van der Waals surface area (Å²) in [5, 5.41) is 10.8. The molecular formula is C13H19Br2NO. The van der Waals surface area contributed by atoms with Crippen molar-refractivity contribution in [1.29, 1.82) is 0 Å². The van der Waals surface area contributed by atoms with Gasteiger partial charge in [-0.25, -0.2) is 0 Å². The lowest BCUT2D eigenvalue weighted by atomic mass is 9.84. The molecule has 96 valence electrons. The van der Waals surface area contributed by atoms with Crippen molar-refractivity contribution in [1.82, 2.24) is 4.90 Å². The number of halogens is 2. The molecule has 2 rings (SSSR count). The number of alkyl halides is 1. The van der Waals surface area contributed by atoms with E-state index in [0.29, 0.717) is 0 Å². The molecule has 1 aliphatic heterocycles. The smallest absolute Gasteiger partial charge is 0.105 e. The molecular weight excluding hydrogens is 346 g/mol. The van der Waals surface area contributed by atoms with Gasteiger partial charge in [-0.05, 0) is 26.0 Å². The molecule has 1 N–H and O–H groups in total. The number of aryl methyl sites for hydroxylation is 1. The predicted molar refractivity (Wildman–Crippen MR) is 80.2 cm³/mol. The minimum atomic E-state index is -0.724. The summed E-state index contributed by atoms with van der Waals surface area (Å²) in [6.07, 6.45) is 0.781. The van der Waals surface area contributed by atoms with Crippen LogP contribution in [0.2, 0.25) is 0 Å². The molecule has 0 saturated carbocycles. The average Bonchev–Trinajstić information content (AvgIpc) is 2.24. The molecule has 1 aliphatic rings. The van der Waals surface area contributed by atoms with Gasteiger partial charge in [-0.15, -0.1) is 17.0 Å². The van der Waals surface area contributed by atoms with Crippen LogP contribution < -0.4 is 0 Å². The van der Waals surface area contributed by atoms with Crippen LogP contribution >= 0.6 is 32.9 Å². The number of piperidine rings is 1. The first-order chi connectivity index (χ1) is 7.52. The Morgan fingerprint density at radius 1 is 1.47 bits per heavy atom. The van der Waals surface area contributed by atoms with Crippen LogP contribution in [0.3, 0.4) is 0 Å². The summed E-state index contributed by atoms with van der Waals surface area (Å²) in [5.74, 6) is 0. The van der Waals surface area contributed by atoms with E-state index in [2.05, 4.69) is 46.9 Å². The van der Waals surface area contributed by atoms with Gasteiger partial charge in [0.15, 0.2) is 0 Å². The average molecular weight is 365 g/mol. The van der Waals surface area contributed by atoms with E-state index in [1.807, 2.05) is 12.1 Å². The van der Waals surface area contributed by atoms with E-state index >= 15 is 0 Å². The number of nitrogens with zero attached hydrogens (tertiary/aromatic N) is 1. The van der Waals surface area contributed by atoms with E-state index in [-0.39, 0.29) is 21.8 Å². The van der Waals surface area contributed by atoms with E-state index in [4.69, 9.17) is 0 Å². The maximum atomic E-state index is 10.8. The quantitative estimate of drug-likeness (QED) is 0.774. The molecule has 4 heteroatoms. The second-order valence-electron chi connectivity index (χ2n) is 4.77. The Balaban J connectivity index is 0.00000144. The number of rotatable bonds is 1. The van der Waals surface area contributed by atoms with Crippen molar-refractivity contribution in [2.45, 2.75) is 23.8 Å². The second kappa shape index (κ2) is 5.83. The number of hydrogen-bond donors (Lipinski definition) is 1. The van der Waals surface area contributed by atoms with Crippen LogP contribution in [0.15, 0.2) is 24.3 Å². The summed E-state index contributed by atoms with van der Waals surface area (Å²) in [4.78, 5) is 2.34. The SMILES string of the molecule is Br.Cc1cccc(C2(O)CCN(C)CC2Br)c1. The third-order valence-corrected chi connectivity index (χ3v) is 4.43. The highest BCUT2D eigenvalue weighted by molar-refractivity contribution is 9.09. The van der Waals surface area contributed by atoms with Gasteiger partial charge >= 0.3 is 0 Å². The normalized spacial score (nSPS) is 29.8. The molecule has 0 bridgehead atoms. The van der Waals surface area contributed by atoms with Gasteiger partial charge in [0.2, 0.25) is 0 Å². The summed E-state index contributed by atoms with van der Waals surface area (Å²) < 4.78 is 0. The molecule has 2 unspecified atom stereocenters. The zero-order valence-corrected chi connectivity index (χ0v) is 13.5. The Kier molecular flexibility index (Phi) is 5.20. The Bertz CT molecular complexity index is 385. The van der Waals surface area contributed by atoms with Crippen molar-refractivity contribution in [3.8, 4) is 0 Å². The van der Waals surface area contributed by atoms with Crippen molar-refractivity contribution < 1.29 is 5.11 Å².